The average molecular weight is 278 g/mol. The Morgan fingerprint density at radius 1 is 1.32 bits per heavy atom. The first kappa shape index (κ1) is 14.2. The van der Waals surface area contributed by atoms with Gasteiger partial charge in [0.05, 0.1) is 10.7 Å². The van der Waals surface area contributed by atoms with E-state index in [1.54, 1.807) is 23.5 Å². The number of thiazole rings is 1. The molecular formula is C15H19FN2S. The average Bonchev–Trinajstić information content (AvgIpc) is 2.73. The highest BCUT2D eigenvalue weighted by Gasteiger charge is 2.14. The van der Waals surface area contributed by atoms with Gasteiger partial charge in [0.2, 0.25) is 0 Å². The predicted octanol–water partition coefficient (Wildman–Crippen LogP) is 3.79. The lowest BCUT2D eigenvalue weighted by molar-refractivity contribution is 0.537. The van der Waals surface area contributed by atoms with Gasteiger partial charge in [-0.25, -0.2) is 9.37 Å². The van der Waals surface area contributed by atoms with Crippen molar-refractivity contribution < 1.29 is 4.39 Å². The maximum Gasteiger partial charge on any atom is 0.123 e. The number of rotatable bonds is 5. The first-order chi connectivity index (χ1) is 9.08. The molecule has 0 saturated carbocycles. The van der Waals surface area contributed by atoms with Gasteiger partial charge in [-0.05, 0) is 43.7 Å². The molecule has 2 nitrogen and oxygen atoms in total. The van der Waals surface area contributed by atoms with Gasteiger partial charge in [0, 0.05) is 17.8 Å². The molecule has 0 spiro atoms. The summed E-state index contributed by atoms with van der Waals surface area (Å²) in [6, 6.07) is 5.31. The standard InChI is InChI=1S/C15H19FN2S/c1-4-17-15(8-14-9-19-11(3)18-14)12-5-10(2)6-13(16)7-12/h5-7,9,15,17H,4,8H2,1-3H3. The van der Waals surface area contributed by atoms with Gasteiger partial charge in [-0.1, -0.05) is 13.0 Å². The molecule has 0 bridgehead atoms. The van der Waals surface area contributed by atoms with E-state index in [9.17, 15) is 4.39 Å². The molecule has 1 atom stereocenters. The van der Waals surface area contributed by atoms with Crippen LogP contribution in [0.15, 0.2) is 23.6 Å². The van der Waals surface area contributed by atoms with Gasteiger partial charge in [0.15, 0.2) is 0 Å². The van der Waals surface area contributed by atoms with Crippen molar-refractivity contribution in [3.8, 4) is 0 Å². The molecule has 19 heavy (non-hydrogen) atoms. The van der Waals surface area contributed by atoms with Crippen molar-refractivity contribution in [2.75, 3.05) is 6.54 Å². The summed E-state index contributed by atoms with van der Waals surface area (Å²) >= 11 is 1.65. The highest BCUT2D eigenvalue weighted by molar-refractivity contribution is 7.09. The van der Waals surface area contributed by atoms with E-state index in [1.807, 2.05) is 19.9 Å². The van der Waals surface area contributed by atoms with E-state index in [1.165, 1.54) is 0 Å². The largest absolute Gasteiger partial charge is 0.310 e. The Bertz CT molecular complexity index is 531. The highest BCUT2D eigenvalue weighted by atomic mass is 32.1. The Kier molecular flexibility index (Phi) is 4.66. The minimum absolute atomic E-state index is 0.112. The van der Waals surface area contributed by atoms with Crippen molar-refractivity contribution in [1.82, 2.24) is 10.3 Å². The summed E-state index contributed by atoms with van der Waals surface area (Å²) in [5.74, 6) is -0.174. The van der Waals surface area contributed by atoms with Gasteiger partial charge in [0.1, 0.15) is 5.82 Å². The van der Waals surface area contributed by atoms with E-state index >= 15 is 0 Å². The van der Waals surface area contributed by atoms with Crippen molar-refractivity contribution in [2.45, 2.75) is 33.2 Å². The van der Waals surface area contributed by atoms with Crippen LogP contribution in [-0.4, -0.2) is 11.5 Å². The molecule has 2 aromatic rings. The molecule has 0 amide bonds. The van der Waals surface area contributed by atoms with Crippen LogP contribution in [0.4, 0.5) is 4.39 Å². The van der Waals surface area contributed by atoms with Crippen LogP contribution >= 0.6 is 11.3 Å². The minimum atomic E-state index is -0.174. The normalized spacial score (nSPS) is 12.6. The third-order valence-electron chi connectivity index (χ3n) is 3.00. The van der Waals surface area contributed by atoms with Crippen LogP contribution < -0.4 is 5.32 Å². The molecule has 0 radical (unpaired) electrons. The number of nitrogens with one attached hydrogen (secondary N) is 1. The zero-order chi connectivity index (χ0) is 13.8. The summed E-state index contributed by atoms with van der Waals surface area (Å²) in [4.78, 5) is 4.49. The smallest absolute Gasteiger partial charge is 0.123 e. The van der Waals surface area contributed by atoms with E-state index in [2.05, 4.69) is 22.6 Å². The summed E-state index contributed by atoms with van der Waals surface area (Å²) < 4.78 is 13.5. The number of likely N-dealkylation sites (N-methyl/N-ethyl adjacent to an activating group) is 1. The lowest BCUT2D eigenvalue weighted by Crippen LogP contribution is -2.23. The van der Waals surface area contributed by atoms with E-state index in [4.69, 9.17) is 0 Å². The van der Waals surface area contributed by atoms with Gasteiger partial charge in [-0.2, -0.15) is 0 Å². The fourth-order valence-corrected chi connectivity index (χ4v) is 2.86. The Hall–Kier alpha value is -1.26. The fraction of sp³-hybridized carbons (Fsp3) is 0.400. The second kappa shape index (κ2) is 6.26. The highest BCUT2D eigenvalue weighted by Crippen LogP contribution is 2.21. The summed E-state index contributed by atoms with van der Waals surface area (Å²) in [6.07, 6.45) is 0.793. The topological polar surface area (TPSA) is 24.9 Å². The van der Waals surface area contributed by atoms with E-state index < -0.39 is 0 Å². The number of halogens is 1. The third-order valence-corrected chi connectivity index (χ3v) is 3.82. The first-order valence-corrected chi connectivity index (χ1v) is 7.38. The molecule has 1 heterocycles. The molecule has 1 aromatic carbocycles. The van der Waals surface area contributed by atoms with Crippen molar-refractivity contribution in [3.05, 3.63) is 51.2 Å². The maximum absolute atomic E-state index is 13.5. The van der Waals surface area contributed by atoms with E-state index in [-0.39, 0.29) is 11.9 Å². The summed E-state index contributed by atoms with van der Waals surface area (Å²) in [5.41, 5.74) is 3.01. The van der Waals surface area contributed by atoms with Crippen LogP contribution in [0.5, 0.6) is 0 Å². The van der Waals surface area contributed by atoms with Crippen molar-refractivity contribution in [2.24, 2.45) is 0 Å². The minimum Gasteiger partial charge on any atom is -0.310 e. The molecule has 2 rings (SSSR count). The Morgan fingerprint density at radius 2 is 2.11 bits per heavy atom. The number of aryl methyl sites for hydroxylation is 2. The molecule has 1 aromatic heterocycles. The van der Waals surface area contributed by atoms with Crippen LogP contribution in [0.25, 0.3) is 0 Å². The van der Waals surface area contributed by atoms with Gasteiger partial charge in [-0.3, -0.25) is 0 Å². The number of nitrogens with zero attached hydrogens (tertiary/aromatic N) is 1. The molecule has 0 saturated heterocycles. The monoisotopic (exact) mass is 278 g/mol. The molecule has 4 heteroatoms. The van der Waals surface area contributed by atoms with Crippen LogP contribution in [-0.2, 0) is 6.42 Å². The molecule has 102 valence electrons. The maximum atomic E-state index is 13.5. The number of aromatic nitrogens is 1. The lowest BCUT2D eigenvalue weighted by atomic mass is 10.00. The molecule has 0 aliphatic heterocycles. The summed E-state index contributed by atoms with van der Waals surface area (Å²) in [5, 5.41) is 6.55. The second-order valence-corrected chi connectivity index (χ2v) is 5.80. The van der Waals surface area contributed by atoms with E-state index in [0.29, 0.717) is 0 Å². The van der Waals surface area contributed by atoms with Crippen LogP contribution in [0.3, 0.4) is 0 Å². The van der Waals surface area contributed by atoms with Crippen LogP contribution in [0.2, 0.25) is 0 Å². The molecule has 0 fully saturated rings. The molecule has 1 N–H and O–H groups in total. The van der Waals surface area contributed by atoms with Crippen molar-refractivity contribution in [1.29, 1.82) is 0 Å². The lowest BCUT2D eigenvalue weighted by Gasteiger charge is -2.18. The van der Waals surface area contributed by atoms with E-state index in [0.717, 1.165) is 34.8 Å². The van der Waals surface area contributed by atoms with Crippen molar-refractivity contribution >= 4 is 11.3 Å². The number of benzene rings is 1. The van der Waals surface area contributed by atoms with Gasteiger partial charge in [0.25, 0.3) is 0 Å². The van der Waals surface area contributed by atoms with Gasteiger partial charge in [-0.15, -0.1) is 11.3 Å². The fourth-order valence-electron chi connectivity index (χ4n) is 2.23. The first-order valence-electron chi connectivity index (χ1n) is 6.50. The Balaban J connectivity index is 2.23. The number of hydrogen-bond donors (Lipinski definition) is 1. The predicted molar refractivity (Wildman–Crippen MR) is 78.1 cm³/mol. The second-order valence-electron chi connectivity index (χ2n) is 4.73. The quantitative estimate of drug-likeness (QED) is 0.900. The third kappa shape index (κ3) is 3.85. The molecular weight excluding hydrogens is 259 g/mol. The summed E-state index contributed by atoms with van der Waals surface area (Å²) in [6.45, 7) is 6.83. The van der Waals surface area contributed by atoms with Crippen LogP contribution in [0.1, 0.15) is 34.8 Å². The van der Waals surface area contributed by atoms with Crippen molar-refractivity contribution in [3.63, 3.8) is 0 Å². The zero-order valence-corrected chi connectivity index (χ0v) is 12.4. The van der Waals surface area contributed by atoms with Gasteiger partial charge >= 0.3 is 0 Å². The SMILES string of the molecule is CCNC(Cc1csc(C)n1)c1cc(C)cc(F)c1. The Labute approximate surface area is 117 Å². The molecule has 0 aliphatic carbocycles. The molecule has 1 unspecified atom stereocenters. The van der Waals surface area contributed by atoms with Crippen LogP contribution in [0, 0.1) is 19.7 Å². The van der Waals surface area contributed by atoms with Gasteiger partial charge < -0.3 is 5.32 Å². The molecule has 0 aliphatic rings. The summed E-state index contributed by atoms with van der Waals surface area (Å²) in [7, 11) is 0. The number of hydrogen-bond acceptors (Lipinski definition) is 3. The Morgan fingerprint density at radius 3 is 2.68 bits per heavy atom. The zero-order valence-electron chi connectivity index (χ0n) is 11.5.